The Kier molecular flexibility index (Phi) is 12.6. The number of imide groups is 1. The van der Waals surface area contributed by atoms with Gasteiger partial charge in [0.1, 0.15) is 33.0 Å². The highest BCUT2D eigenvalue weighted by molar-refractivity contribution is 9.14. The van der Waals surface area contributed by atoms with E-state index in [1.807, 2.05) is 0 Å². The number of nitrogens with one attached hydrogen (secondary N) is 2. The van der Waals surface area contributed by atoms with Crippen LogP contribution in [0.25, 0.3) is 0 Å². The number of carboxylic acids is 1. The van der Waals surface area contributed by atoms with Gasteiger partial charge in [0.15, 0.2) is 6.10 Å². The van der Waals surface area contributed by atoms with Crippen LogP contribution in [0.3, 0.4) is 0 Å². The number of ether oxygens (including phenoxy) is 2. The quantitative estimate of drug-likeness (QED) is 0.0975. The van der Waals surface area contributed by atoms with E-state index in [9.17, 15) is 49.5 Å². The number of carbonyl (C=O) groups excluding carboxylic acids is 4. The van der Waals surface area contributed by atoms with Crippen LogP contribution in [0.4, 0.5) is 5.69 Å². The number of benzene rings is 1. The van der Waals surface area contributed by atoms with Crippen molar-refractivity contribution in [1.29, 1.82) is 0 Å². The van der Waals surface area contributed by atoms with Crippen molar-refractivity contribution in [1.82, 2.24) is 10.2 Å². The topological polar surface area (TPSA) is 232 Å². The first-order chi connectivity index (χ1) is 20.3. The second-order valence-corrected chi connectivity index (χ2v) is 11.3. The number of nitrogens with zero attached hydrogens (tertiary/aromatic N) is 1. The number of hydrogen-bond donors (Lipinski definition) is 7. The van der Waals surface area contributed by atoms with Gasteiger partial charge < -0.3 is 45.6 Å². The summed E-state index contributed by atoms with van der Waals surface area (Å²) in [5, 5.41) is 54.0. The highest BCUT2D eigenvalue weighted by Gasteiger charge is 2.48. The monoisotopic (exact) mass is 735 g/mol. The van der Waals surface area contributed by atoms with E-state index in [4.69, 9.17) is 9.47 Å². The Labute approximate surface area is 262 Å². The van der Waals surface area contributed by atoms with Gasteiger partial charge in [-0.15, -0.1) is 0 Å². The summed E-state index contributed by atoms with van der Waals surface area (Å²) in [4.78, 5) is 61.2. The fourth-order valence-electron chi connectivity index (χ4n) is 4.22. The maximum atomic E-state index is 12.6. The van der Waals surface area contributed by atoms with Gasteiger partial charge in [-0.2, -0.15) is 0 Å². The fraction of sp³-hybridized carbons (Fsp3) is 0.500. The molecule has 5 atom stereocenters. The molecule has 2 aliphatic heterocycles. The summed E-state index contributed by atoms with van der Waals surface area (Å²) in [6.07, 6.45) is -7.58. The largest absolute Gasteiger partial charge is 0.479 e. The molecule has 1 saturated heterocycles. The third-order valence-corrected chi connectivity index (χ3v) is 8.58. The molecule has 0 spiro atoms. The van der Waals surface area contributed by atoms with Crippen molar-refractivity contribution >= 4 is 67.1 Å². The van der Waals surface area contributed by atoms with Crippen molar-refractivity contribution in [2.75, 3.05) is 18.4 Å². The van der Waals surface area contributed by atoms with Gasteiger partial charge in [-0.25, -0.2) is 4.79 Å². The second kappa shape index (κ2) is 15.7. The van der Waals surface area contributed by atoms with Crippen LogP contribution in [0.2, 0.25) is 0 Å². The third kappa shape index (κ3) is 8.81. The minimum Gasteiger partial charge on any atom is -0.479 e. The Bertz CT molecular complexity index is 1250. The first-order valence-electron chi connectivity index (χ1n) is 13.2. The summed E-state index contributed by atoms with van der Waals surface area (Å²) in [7, 11) is 0. The van der Waals surface area contributed by atoms with Crippen LogP contribution in [-0.4, -0.2) is 104 Å². The van der Waals surface area contributed by atoms with E-state index in [0.717, 1.165) is 4.90 Å². The van der Waals surface area contributed by atoms with Crippen LogP contribution >= 0.6 is 31.9 Å². The van der Waals surface area contributed by atoms with Crippen LogP contribution < -0.4 is 15.4 Å². The SMILES string of the molecule is O=C(CCCCCN1C(=O)C(Br)=C(Br)C1=O)NCCC(=O)Nc1cc(CO)ccc1O[C@@H]1O[C@H](C(=O)O)[C@@H](O)[C@H](O)[C@H]1O. The molecule has 0 radical (unpaired) electrons. The number of anilines is 1. The van der Waals surface area contributed by atoms with Crippen LogP contribution in [0, 0.1) is 0 Å². The predicted molar refractivity (Wildman–Crippen MR) is 154 cm³/mol. The summed E-state index contributed by atoms with van der Waals surface area (Å²) < 4.78 is 11.0. The number of unbranched alkanes of at least 4 members (excludes halogenated alkanes) is 2. The Morgan fingerprint density at radius 3 is 2.23 bits per heavy atom. The van der Waals surface area contributed by atoms with Gasteiger partial charge in [-0.1, -0.05) is 12.5 Å². The number of rotatable bonds is 14. The molecule has 0 aromatic heterocycles. The van der Waals surface area contributed by atoms with Gasteiger partial charge in [0.05, 0.1) is 12.3 Å². The van der Waals surface area contributed by atoms with E-state index < -0.39 is 54.4 Å². The normalized spacial score (nSPS) is 23.9. The van der Waals surface area contributed by atoms with Crippen molar-refractivity contribution in [3.63, 3.8) is 0 Å². The number of hydrogen-bond acceptors (Lipinski definition) is 11. The predicted octanol–water partition coefficient (Wildman–Crippen LogP) is -0.175. The molecule has 15 nitrogen and oxygen atoms in total. The van der Waals surface area contributed by atoms with Crippen molar-refractivity contribution in [3.8, 4) is 5.75 Å². The Morgan fingerprint density at radius 2 is 1.60 bits per heavy atom. The van der Waals surface area contributed by atoms with Crippen LogP contribution in [0.1, 0.15) is 37.7 Å². The summed E-state index contributed by atoms with van der Waals surface area (Å²) in [5.74, 6) is -3.35. The fourth-order valence-corrected chi connectivity index (χ4v) is 4.99. The molecule has 4 amide bonds. The molecular formula is C26H31Br2N3O12. The van der Waals surface area contributed by atoms with Gasteiger partial charge in [-0.05, 0) is 62.4 Å². The molecule has 1 fully saturated rings. The number of amides is 4. The lowest BCUT2D eigenvalue weighted by Gasteiger charge is -2.38. The number of carbonyl (C=O) groups is 5. The van der Waals surface area contributed by atoms with Gasteiger partial charge >= 0.3 is 5.97 Å². The minimum absolute atomic E-state index is 0.000124. The van der Waals surface area contributed by atoms with Crippen molar-refractivity contribution in [2.24, 2.45) is 0 Å². The van der Waals surface area contributed by atoms with Crippen molar-refractivity contribution in [2.45, 2.75) is 69.4 Å². The molecule has 7 N–H and O–H groups in total. The molecule has 2 heterocycles. The van der Waals surface area contributed by atoms with Crippen molar-refractivity contribution < 1.29 is 59.0 Å². The molecule has 0 aliphatic carbocycles. The van der Waals surface area contributed by atoms with Gasteiger partial charge in [0.25, 0.3) is 11.8 Å². The van der Waals surface area contributed by atoms with E-state index in [2.05, 4.69) is 42.5 Å². The lowest BCUT2D eigenvalue weighted by atomic mass is 9.99. The number of aliphatic hydroxyl groups is 4. The lowest BCUT2D eigenvalue weighted by molar-refractivity contribution is -0.271. The average molecular weight is 737 g/mol. The third-order valence-electron chi connectivity index (χ3n) is 6.58. The number of carboxylic acid groups (broad SMARTS) is 1. The number of aliphatic carboxylic acids is 1. The molecular weight excluding hydrogens is 706 g/mol. The maximum Gasteiger partial charge on any atom is 0.335 e. The molecule has 17 heteroatoms. The molecule has 0 unspecified atom stereocenters. The highest BCUT2D eigenvalue weighted by Crippen LogP contribution is 2.31. The summed E-state index contributed by atoms with van der Waals surface area (Å²) in [5.41, 5.74) is 0.422. The summed E-state index contributed by atoms with van der Waals surface area (Å²) >= 11 is 6.12. The molecule has 0 bridgehead atoms. The van der Waals surface area contributed by atoms with E-state index in [1.54, 1.807) is 0 Å². The zero-order valence-corrected chi connectivity index (χ0v) is 25.7. The molecule has 236 valence electrons. The van der Waals surface area contributed by atoms with E-state index in [1.165, 1.54) is 18.2 Å². The molecule has 3 rings (SSSR count). The zero-order valence-electron chi connectivity index (χ0n) is 22.6. The number of aliphatic hydroxyl groups excluding tert-OH is 4. The Balaban J connectivity index is 1.45. The van der Waals surface area contributed by atoms with E-state index >= 15 is 0 Å². The smallest absolute Gasteiger partial charge is 0.335 e. The molecule has 0 saturated carbocycles. The molecule has 1 aromatic carbocycles. The van der Waals surface area contributed by atoms with Gasteiger partial charge in [0.2, 0.25) is 18.1 Å². The summed E-state index contributed by atoms with van der Waals surface area (Å²) in [6, 6.07) is 4.14. The summed E-state index contributed by atoms with van der Waals surface area (Å²) in [6.45, 7) is -0.161. The van der Waals surface area contributed by atoms with Gasteiger partial charge in [-0.3, -0.25) is 24.1 Å². The zero-order chi connectivity index (χ0) is 31.8. The standard InChI is InChI=1S/C26H31Br2N3O12/c27-17-18(28)24(39)31(23(17)38)9-3-1-2-4-15(33)29-8-7-16(34)30-13-10-12(11-32)5-6-14(13)42-26-21(37)19(35)20(36)22(43-26)25(40)41/h5-6,10,19-22,26,32,35-37H,1-4,7-9,11H2,(H,29,33)(H,30,34)(H,40,41)/t19-,20-,21+,22-,26+/m0/s1. The maximum absolute atomic E-state index is 12.6. The molecule has 43 heavy (non-hydrogen) atoms. The molecule has 1 aromatic rings. The van der Waals surface area contributed by atoms with E-state index in [0.29, 0.717) is 24.8 Å². The lowest BCUT2D eigenvalue weighted by Crippen LogP contribution is -2.61. The molecule has 2 aliphatic rings. The Hall–Kier alpha value is -2.93. The second-order valence-electron chi connectivity index (χ2n) is 9.69. The Morgan fingerprint density at radius 1 is 0.930 bits per heavy atom. The first kappa shape index (κ1) is 34.6. The highest BCUT2D eigenvalue weighted by atomic mass is 79.9. The van der Waals surface area contributed by atoms with E-state index in [-0.39, 0.29) is 58.8 Å². The first-order valence-corrected chi connectivity index (χ1v) is 14.7. The number of halogens is 2. The van der Waals surface area contributed by atoms with Crippen molar-refractivity contribution in [3.05, 3.63) is 32.7 Å². The average Bonchev–Trinajstić information content (AvgIpc) is 3.15. The van der Waals surface area contributed by atoms with Crippen LogP contribution in [0.5, 0.6) is 5.75 Å². The minimum atomic E-state index is -1.91. The van der Waals surface area contributed by atoms with Gasteiger partial charge in [0, 0.05) is 25.9 Å². The van der Waals surface area contributed by atoms with Crippen LogP contribution in [0.15, 0.2) is 27.2 Å². The van der Waals surface area contributed by atoms with Crippen LogP contribution in [-0.2, 0) is 35.3 Å².